The topological polar surface area (TPSA) is 128 Å². The Morgan fingerprint density at radius 2 is 1.91 bits per heavy atom. The second kappa shape index (κ2) is 8.54. The van der Waals surface area contributed by atoms with Gasteiger partial charge in [-0.1, -0.05) is 0 Å². The van der Waals surface area contributed by atoms with E-state index in [1.807, 2.05) is 12.1 Å². The van der Waals surface area contributed by atoms with E-state index in [0.717, 1.165) is 36.6 Å². The molecular formula is C20H21F3N4O6. The lowest BCUT2D eigenvalue weighted by atomic mass is 10.0. The van der Waals surface area contributed by atoms with Crippen molar-refractivity contribution in [1.82, 2.24) is 15.5 Å². The number of carbonyl (C=O) groups excluding carboxylic acids is 3. The van der Waals surface area contributed by atoms with E-state index < -0.39 is 18.2 Å². The highest BCUT2D eigenvalue weighted by atomic mass is 19.4. The summed E-state index contributed by atoms with van der Waals surface area (Å²) in [6, 6.07) is 3.57. The number of imide groups is 1. The van der Waals surface area contributed by atoms with Crippen LogP contribution in [0.5, 0.6) is 5.75 Å². The predicted octanol–water partition coefficient (Wildman–Crippen LogP) is 0.252. The highest BCUT2D eigenvalue weighted by molar-refractivity contribution is 6.05. The van der Waals surface area contributed by atoms with E-state index >= 15 is 0 Å². The number of nitrogens with zero attached hydrogens (tertiary/aromatic N) is 2. The first-order valence-electron chi connectivity index (χ1n) is 10.3. The first kappa shape index (κ1) is 22.8. The fraction of sp³-hybridized carbons (Fsp3) is 0.500. The number of halogens is 3. The first-order valence-corrected chi connectivity index (χ1v) is 10.3. The predicted molar refractivity (Wildman–Crippen MR) is 106 cm³/mol. The van der Waals surface area contributed by atoms with Gasteiger partial charge in [-0.15, -0.1) is 0 Å². The van der Waals surface area contributed by atoms with Gasteiger partial charge in [0.1, 0.15) is 18.4 Å². The molecule has 10 nitrogen and oxygen atoms in total. The molecule has 4 heterocycles. The number of carbonyl (C=O) groups is 4. The smallest absolute Gasteiger partial charge is 0.489 e. The zero-order chi connectivity index (χ0) is 23.9. The summed E-state index contributed by atoms with van der Waals surface area (Å²) in [6.07, 6.45) is -4.45. The lowest BCUT2D eigenvalue weighted by Gasteiger charge is -2.42. The van der Waals surface area contributed by atoms with Crippen LogP contribution in [-0.4, -0.2) is 78.2 Å². The second-order valence-electron chi connectivity index (χ2n) is 8.04. The van der Waals surface area contributed by atoms with Crippen molar-refractivity contribution in [2.75, 3.05) is 31.1 Å². The molecule has 1 aromatic rings. The van der Waals surface area contributed by atoms with Crippen LogP contribution < -0.4 is 20.3 Å². The standard InChI is InChI=1S/C18H20N4O4.C2HF3O2/c23-16-2-1-13(17(24)20-16)22-8-10-5-14-15(6-12(10)18(22)25)26-9-11-7-19-3-4-21(11)14;3-2(4,5)1(6)7/h5-6,11,13,19H,1-4,7-9H2,(H,20,23,24);(H,6,7)/t11-,13?;/m1./s1. The maximum absolute atomic E-state index is 12.9. The van der Waals surface area contributed by atoms with Crippen molar-refractivity contribution in [3.05, 3.63) is 23.3 Å². The quantitative estimate of drug-likeness (QED) is 0.499. The van der Waals surface area contributed by atoms with Crippen LogP contribution in [0, 0.1) is 0 Å². The van der Waals surface area contributed by atoms with E-state index in [2.05, 4.69) is 15.5 Å². The number of rotatable bonds is 1. The summed E-state index contributed by atoms with van der Waals surface area (Å²) in [5.41, 5.74) is 2.54. The van der Waals surface area contributed by atoms with Crippen molar-refractivity contribution in [1.29, 1.82) is 0 Å². The molecule has 2 fully saturated rings. The van der Waals surface area contributed by atoms with Crippen molar-refractivity contribution >= 4 is 29.4 Å². The molecule has 5 rings (SSSR count). The number of carboxylic acid groups (broad SMARTS) is 1. The van der Waals surface area contributed by atoms with E-state index in [9.17, 15) is 27.6 Å². The molecule has 1 aromatic carbocycles. The molecule has 13 heteroatoms. The first-order chi connectivity index (χ1) is 15.6. The van der Waals surface area contributed by atoms with Gasteiger partial charge in [0.2, 0.25) is 11.8 Å². The molecule has 0 aliphatic carbocycles. The average Bonchev–Trinajstić information content (AvgIpc) is 3.07. The van der Waals surface area contributed by atoms with Crippen LogP contribution in [0.4, 0.5) is 18.9 Å². The number of piperazine rings is 1. The molecule has 3 amide bonds. The Bertz CT molecular complexity index is 1010. The minimum absolute atomic E-state index is 0.164. The number of hydrogen-bond acceptors (Lipinski definition) is 7. The molecule has 2 atom stereocenters. The summed E-state index contributed by atoms with van der Waals surface area (Å²) < 4.78 is 37.6. The van der Waals surface area contributed by atoms with Gasteiger partial charge in [-0.3, -0.25) is 19.7 Å². The molecule has 2 saturated heterocycles. The molecule has 33 heavy (non-hydrogen) atoms. The molecule has 0 radical (unpaired) electrons. The summed E-state index contributed by atoms with van der Waals surface area (Å²) >= 11 is 0. The van der Waals surface area contributed by atoms with Gasteiger partial charge in [0, 0.05) is 38.2 Å². The van der Waals surface area contributed by atoms with Crippen LogP contribution in [0.15, 0.2) is 12.1 Å². The Morgan fingerprint density at radius 3 is 2.58 bits per heavy atom. The maximum Gasteiger partial charge on any atom is 0.490 e. The molecule has 0 spiro atoms. The fourth-order valence-electron chi connectivity index (χ4n) is 4.34. The van der Waals surface area contributed by atoms with Gasteiger partial charge in [-0.25, -0.2) is 4.79 Å². The molecule has 0 saturated carbocycles. The number of carboxylic acids is 1. The monoisotopic (exact) mass is 470 g/mol. The normalized spacial score (nSPS) is 24.0. The summed E-state index contributed by atoms with van der Waals surface area (Å²) in [6.45, 7) is 3.71. The van der Waals surface area contributed by atoms with Crippen LogP contribution in [-0.2, 0) is 20.9 Å². The van der Waals surface area contributed by atoms with Crippen LogP contribution in [0.1, 0.15) is 28.8 Å². The Hall–Kier alpha value is -3.35. The molecule has 3 N–H and O–H groups in total. The Balaban J connectivity index is 0.000000325. The highest BCUT2D eigenvalue weighted by Gasteiger charge is 2.41. The van der Waals surface area contributed by atoms with Crippen LogP contribution in [0.2, 0.25) is 0 Å². The Morgan fingerprint density at radius 1 is 1.18 bits per heavy atom. The second-order valence-corrected chi connectivity index (χ2v) is 8.04. The highest BCUT2D eigenvalue weighted by Crippen LogP contribution is 2.40. The van der Waals surface area contributed by atoms with Crippen molar-refractivity contribution in [2.24, 2.45) is 0 Å². The Labute approximate surface area is 185 Å². The minimum atomic E-state index is -5.08. The summed E-state index contributed by atoms with van der Waals surface area (Å²) in [5, 5.41) is 12.8. The van der Waals surface area contributed by atoms with Gasteiger partial charge >= 0.3 is 12.1 Å². The molecule has 4 aliphatic heterocycles. The number of aliphatic carboxylic acids is 1. The van der Waals surface area contributed by atoms with E-state index in [4.69, 9.17) is 14.6 Å². The van der Waals surface area contributed by atoms with E-state index in [1.165, 1.54) is 0 Å². The largest absolute Gasteiger partial charge is 0.490 e. The number of piperidine rings is 1. The lowest BCUT2D eigenvalue weighted by Crippen LogP contribution is -2.55. The number of amides is 3. The van der Waals surface area contributed by atoms with Gasteiger partial charge in [-0.2, -0.15) is 13.2 Å². The molecule has 0 aromatic heterocycles. The van der Waals surface area contributed by atoms with Crippen molar-refractivity contribution in [3.63, 3.8) is 0 Å². The maximum atomic E-state index is 12.9. The van der Waals surface area contributed by atoms with E-state index in [-0.39, 0.29) is 24.1 Å². The molecular weight excluding hydrogens is 449 g/mol. The Kier molecular flexibility index (Phi) is 5.91. The number of fused-ring (bicyclic) bond motifs is 4. The number of ether oxygens (including phenoxy) is 1. The number of hydrogen-bond donors (Lipinski definition) is 3. The molecule has 178 valence electrons. The van der Waals surface area contributed by atoms with Crippen LogP contribution >= 0.6 is 0 Å². The van der Waals surface area contributed by atoms with Crippen LogP contribution in [0.25, 0.3) is 0 Å². The minimum Gasteiger partial charge on any atom is -0.489 e. The SMILES string of the molecule is O=C(O)C(F)(F)F.O=C1CCC(N2Cc3cc4c(cc3C2=O)OC[C@H]2CNCCN42)C(=O)N1. The molecule has 1 unspecified atom stereocenters. The third-order valence-electron chi connectivity index (χ3n) is 5.94. The van der Waals surface area contributed by atoms with Gasteiger partial charge in [0.15, 0.2) is 0 Å². The summed E-state index contributed by atoms with van der Waals surface area (Å²) in [4.78, 5) is 49.2. The van der Waals surface area contributed by atoms with Crippen LogP contribution in [0.3, 0.4) is 0 Å². The number of alkyl halides is 3. The number of anilines is 1. The van der Waals surface area contributed by atoms with Gasteiger partial charge in [0.25, 0.3) is 5.91 Å². The van der Waals surface area contributed by atoms with Crippen molar-refractivity contribution < 1.29 is 42.2 Å². The summed E-state index contributed by atoms with van der Waals surface area (Å²) in [5.74, 6) is -2.84. The van der Waals surface area contributed by atoms with E-state index in [1.54, 1.807) is 4.90 Å². The zero-order valence-corrected chi connectivity index (χ0v) is 17.3. The third-order valence-corrected chi connectivity index (χ3v) is 5.94. The number of nitrogens with one attached hydrogen (secondary N) is 2. The average molecular weight is 470 g/mol. The molecule has 4 aliphatic rings. The van der Waals surface area contributed by atoms with Gasteiger partial charge < -0.3 is 25.0 Å². The van der Waals surface area contributed by atoms with Gasteiger partial charge in [-0.05, 0) is 24.1 Å². The number of benzene rings is 1. The van der Waals surface area contributed by atoms with Crippen molar-refractivity contribution in [3.8, 4) is 5.75 Å². The van der Waals surface area contributed by atoms with Crippen molar-refractivity contribution in [2.45, 2.75) is 37.6 Å². The zero-order valence-electron chi connectivity index (χ0n) is 17.3. The van der Waals surface area contributed by atoms with E-state index in [0.29, 0.717) is 31.2 Å². The third kappa shape index (κ3) is 4.45. The van der Waals surface area contributed by atoms with Gasteiger partial charge in [0.05, 0.1) is 11.7 Å². The summed E-state index contributed by atoms with van der Waals surface area (Å²) in [7, 11) is 0. The fourth-order valence-corrected chi connectivity index (χ4v) is 4.34. The lowest BCUT2D eigenvalue weighted by molar-refractivity contribution is -0.192. The molecule has 0 bridgehead atoms.